The maximum absolute atomic E-state index is 5.13. The van der Waals surface area contributed by atoms with Crippen LogP contribution in [0.1, 0.15) is 0 Å². The van der Waals surface area contributed by atoms with Crippen molar-refractivity contribution in [3.05, 3.63) is 212 Å². The molecule has 0 atom stereocenters. The lowest BCUT2D eigenvalue weighted by atomic mass is 10.1. The number of fused-ring (bicyclic) bond motifs is 9. The Labute approximate surface area is 356 Å². The van der Waals surface area contributed by atoms with Crippen LogP contribution < -0.4 is 0 Å². The van der Waals surface area contributed by atoms with Gasteiger partial charge in [0, 0.05) is 43.9 Å². The van der Waals surface area contributed by atoms with Crippen molar-refractivity contribution in [1.82, 2.24) is 24.1 Å². The third-order valence-corrected chi connectivity index (χ3v) is 12.5. The lowest BCUT2D eigenvalue weighted by Gasteiger charge is -2.15. The van der Waals surface area contributed by atoms with Gasteiger partial charge in [-0.1, -0.05) is 146 Å². The molecule has 0 saturated carbocycles. The van der Waals surface area contributed by atoms with Crippen molar-refractivity contribution >= 4 is 75.9 Å². The molecule has 288 valence electrons. The number of aromatic nitrogens is 5. The fraction of sp³-hybridized carbons (Fsp3) is 0. The zero-order valence-electron chi connectivity index (χ0n) is 33.4. The normalized spacial score (nSPS) is 11.9. The van der Waals surface area contributed by atoms with Crippen molar-refractivity contribution in [2.24, 2.45) is 0 Å². The van der Waals surface area contributed by atoms with Crippen LogP contribution in [0.2, 0.25) is 0 Å². The Bertz CT molecular complexity index is 3920. The van der Waals surface area contributed by atoms with E-state index in [4.69, 9.17) is 15.0 Å². The van der Waals surface area contributed by atoms with Crippen molar-refractivity contribution in [2.75, 3.05) is 0 Å². The Morgan fingerprint density at radius 2 is 0.758 bits per heavy atom. The zero-order valence-corrected chi connectivity index (χ0v) is 33.4. The van der Waals surface area contributed by atoms with Crippen molar-refractivity contribution in [3.8, 4) is 45.5 Å². The van der Waals surface area contributed by atoms with E-state index in [9.17, 15) is 0 Å². The van der Waals surface area contributed by atoms with E-state index in [0.29, 0.717) is 17.5 Å². The summed E-state index contributed by atoms with van der Waals surface area (Å²) in [6.45, 7) is 0. The van der Waals surface area contributed by atoms with Crippen molar-refractivity contribution < 1.29 is 0 Å². The first kappa shape index (κ1) is 34.5. The van der Waals surface area contributed by atoms with E-state index in [2.05, 4.69) is 203 Å². The topological polar surface area (TPSA) is 48.5 Å². The maximum atomic E-state index is 5.13. The molecular weight excluding hydrogens is 755 g/mol. The number of nitrogens with zero attached hydrogens (tertiary/aromatic N) is 5. The van der Waals surface area contributed by atoms with Gasteiger partial charge in [0.15, 0.2) is 17.5 Å². The highest BCUT2D eigenvalue weighted by molar-refractivity contribution is 6.18. The van der Waals surface area contributed by atoms with Crippen molar-refractivity contribution in [3.63, 3.8) is 0 Å². The fourth-order valence-electron chi connectivity index (χ4n) is 9.53. The van der Waals surface area contributed by atoms with Crippen LogP contribution in [0.5, 0.6) is 0 Å². The van der Waals surface area contributed by atoms with Crippen LogP contribution in [0.25, 0.3) is 121 Å². The van der Waals surface area contributed by atoms with E-state index < -0.39 is 0 Å². The summed E-state index contributed by atoms with van der Waals surface area (Å²) in [6.07, 6.45) is 0. The molecule has 0 aliphatic rings. The second kappa shape index (κ2) is 13.6. The Morgan fingerprint density at radius 1 is 0.274 bits per heavy atom. The average Bonchev–Trinajstić information content (AvgIpc) is 3.84. The molecule has 0 unspecified atom stereocenters. The van der Waals surface area contributed by atoms with Gasteiger partial charge in [-0.25, -0.2) is 15.0 Å². The number of rotatable bonds is 5. The molecule has 5 heteroatoms. The van der Waals surface area contributed by atoms with E-state index in [1.165, 1.54) is 59.5 Å². The van der Waals surface area contributed by atoms with Crippen LogP contribution in [0.4, 0.5) is 0 Å². The SMILES string of the molecule is c1ccc(-c2nc(-c3ccc(-n4c5cc6ccccc6cc5c5cccc(-n6c7ccccc7c7cc8ccccc8cc76)c54)cc3)nc(-c3ccc4ccccc4c3)n2)cc1. The van der Waals surface area contributed by atoms with E-state index in [-0.39, 0.29) is 0 Å². The summed E-state index contributed by atoms with van der Waals surface area (Å²) >= 11 is 0. The van der Waals surface area contributed by atoms with Gasteiger partial charge in [0.25, 0.3) is 0 Å². The first-order valence-electron chi connectivity index (χ1n) is 21.0. The lowest BCUT2D eigenvalue weighted by Crippen LogP contribution is -2.02. The minimum absolute atomic E-state index is 0.625. The van der Waals surface area contributed by atoms with Crippen molar-refractivity contribution in [2.45, 2.75) is 0 Å². The highest BCUT2D eigenvalue weighted by Gasteiger charge is 2.21. The quantitative estimate of drug-likeness (QED) is 0.174. The Kier molecular flexibility index (Phi) is 7.54. The van der Waals surface area contributed by atoms with E-state index in [1.54, 1.807) is 0 Å². The maximum Gasteiger partial charge on any atom is 0.164 e. The molecule has 5 nitrogen and oxygen atoms in total. The predicted octanol–water partition coefficient (Wildman–Crippen LogP) is 14.5. The smallest absolute Gasteiger partial charge is 0.164 e. The molecule has 0 aliphatic heterocycles. The third kappa shape index (κ3) is 5.38. The van der Waals surface area contributed by atoms with Gasteiger partial charge >= 0.3 is 0 Å². The molecule has 3 aromatic heterocycles. The average molecular weight is 790 g/mol. The van der Waals surface area contributed by atoms with Gasteiger partial charge in [-0.3, -0.25) is 0 Å². The fourth-order valence-corrected chi connectivity index (χ4v) is 9.53. The summed E-state index contributed by atoms with van der Waals surface area (Å²) in [4.78, 5) is 15.2. The molecule has 0 saturated heterocycles. The Hall–Kier alpha value is -8.41. The third-order valence-electron chi connectivity index (χ3n) is 12.5. The number of benzene rings is 10. The number of hydrogen-bond donors (Lipinski definition) is 0. The molecule has 3 heterocycles. The molecule has 0 amide bonds. The van der Waals surface area contributed by atoms with Crippen LogP contribution in [-0.2, 0) is 0 Å². The predicted molar refractivity (Wildman–Crippen MR) is 257 cm³/mol. The van der Waals surface area contributed by atoms with Crippen LogP contribution in [0, 0.1) is 0 Å². The minimum Gasteiger partial charge on any atom is -0.307 e. The first-order chi connectivity index (χ1) is 30.7. The molecule has 13 aromatic rings. The molecule has 0 bridgehead atoms. The zero-order chi connectivity index (χ0) is 40.7. The highest BCUT2D eigenvalue weighted by Crippen LogP contribution is 2.42. The number of hydrogen-bond acceptors (Lipinski definition) is 3. The van der Waals surface area contributed by atoms with Gasteiger partial charge in [0.05, 0.1) is 27.8 Å². The lowest BCUT2D eigenvalue weighted by molar-refractivity contribution is 1.07. The summed E-state index contributed by atoms with van der Waals surface area (Å²) in [7, 11) is 0. The molecule has 10 aromatic carbocycles. The molecule has 0 N–H and O–H groups in total. The Balaban J connectivity index is 1.04. The van der Waals surface area contributed by atoms with Crippen LogP contribution in [0.15, 0.2) is 212 Å². The van der Waals surface area contributed by atoms with Gasteiger partial charge in [-0.15, -0.1) is 0 Å². The van der Waals surface area contributed by atoms with Gasteiger partial charge in [0.1, 0.15) is 0 Å². The van der Waals surface area contributed by atoms with Gasteiger partial charge in [-0.2, -0.15) is 0 Å². The van der Waals surface area contributed by atoms with Crippen LogP contribution in [0.3, 0.4) is 0 Å². The summed E-state index contributed by atoms with van der Waals surface area (Å²) in [5.74, 6) is 1.90. The van der Waals surface area contributed by atoms with Gasteiger partial charge < -0.3 is 9.13 Å². The Morgan fingerprint density at radius 3 is 1.44 bits per heavy atom. The molecule has 0 radical (unpaired) electrons. The van der Waals surface area contributed by atoms with E-state index in [1.807, 2.05) is 18.2 Å². The molecule has 13 rings (SSSR count). The van der Waals surface area contributed by atoms with E-state index >= 15 is 0 Å². The van der Waals surface area contributed by atoms with Crippen LogP contribution >= 0.6 is 0 Å². The largest absolute Gasteiger partial charge is 0.307 e. The van der Waals surface area contributed by atoms with Gasteiger partial charge in [0.2, 0.25) is 0 Å². The monoisotopic (exact) mass is 789 g/mol. The number of para-hydroxylation sites is 2. The second-order valence-corrected chi connectivity index (χ2v) is 16.1. The minimum atomic E-state index is 0.625. The molecule has 0 aliphatic carbocycles. The summed E-state index contributed by atoms with van der Waals surface area (Å²) in [6, 6.07) is 75.9. The summed E-state index contributed by atoms with van der Waals surface area (Å²) < 4.78 is 4.91. The van der Waals surface area contributed by atoms with Gasteiger partial charge in [-0.05, 0) is 99.0 Å². The first-order valence-corrected chi connectivity index (χ1v) is 21.0. The summed E-state index contributed by atoms with van der Waals surface area (Å²) in [5.41, 5.74) is 9.63. The second-order valence-electron chi connectivity index (χ2n) is 16.1. The van der Waals surface area contributed by atoms with Crippen molar-refractivity contribution in [1.29, 1.82) is 0 Å². The molecular formula is C57H35N5. The highest BCUT2D eigenvalue weighted by atomic mass is 15.1. The van der Waals surface area contributed by atoms with Crippen LogP contribution in [-0.4, -0.2) is 24.1 Å². The molecule has 0 fully saturated rings. The molecule has 0 spiro atoms. The standard InChI is InChI=1S/C57H35N5/c1-2-14-37(15-3-1)55-58-56(60-57(59-55)44-26-25-36-13-4-5-16-39(36)31-44)38-27-29-45(30-28-38)61-52-34-42-19-8-7-18-41(42)33-49(52)47-22-12-24-51(54(47)61)62-50-23-11-10-21-46(50)48-32-40-17-6-9-20-43(40)35-53(48)62/h1-35H. The molecule has 62 heavy (non-hydrogen) atoms. The summed E-state index contributed by atoms with van der Waals surface area (Å²) in [5, 5.41) is 12.1. The van der Waals surface area contributed by atoms with E-state index in [0.717, 1.165) is 44.5 Å².